The van der Waals surface area contributed by atoms with Crippen LogP contribution in [0.15, 0.2) is 47.4 Å². The maximum atomic E-state index is 13.0. The molecule has 1 aliphatic heterocycles. The van der Waals surface area contributed by atoms with Gasteiger partial charge in [0, 0.05) is 13.1 Å². The maximum absolute atomic E-state index is 13.0. The fourth-order valence-corrected chi connectivity index (χ4v) is 5.75. The number of nitrogens with one attached hydrogen (secondary N) is 1. The predicted molar refractivity (Wildman–Crippen MR) is 104 cm³/mol. The van der Waals surface area contributed by atoms with Crippen LogP contribution in [0.5, 0.6) is 5.75 Å². The minimum absolute atomic E-state index is 0.00492. The van der Waals surface area contributed by atoms with Gasteiger partial charge in [0.05, 0.1) is 23.4 Å². The second-order valence-corrected chi connectivity index (χ2v) is 10.1. The number of benzene rings is 2. The molecular weight excluding hydrogens is 407 g/mol. The monoisotopic (exact) mass is 428 g/mol. The van der Waals surface area contributed by atoms with E-state index in [1.165, 1.54) is 53.9 Å². The largest absolute Gasteiger partial charge is 0.495 e. The molecule has 0 aliphatic carbocycles. The third-order valence-electron chi connectivity index (χ3n) is 4.41. The van der Waals surface area contributed by atoms with Gasteiger partial charge in [-0.2, -0.15) is 4.31 Å². The molecule has 2 aromatic rings. The number of rotatable bonds is 7. The number of methoxy groups -OCH3 is 1. The van der Waals surface area contributed by atoms with Gasteiger partial charge in [0.1, 0.15) is 11.6 Å². The first-order valence-electron chi connectivity index (χ1n) is 8.64. The zero-order valence-corrected chi connectivity index (χ0v) is 16.9. The summed E-state index contributed by atoms with van der Waals surface area (Å²) < 4.78 is 72.5. The minimum Gasteiger partial charge on any atom is -0.495 e. The summed E-state index contributed by atoms with van der Waals surface area (Å²) in [5, 5.41) is 0. The first kappa shape index (κ1) is 20.6. The molecule has 1 saturated heterocycles. The van der Waals surface area contributed by atoms with E-state index >= 15 is 0 Å². The van der Waals surface area contributed by atoms with Crippen LogP contribution < -0.4 is 9.46 Å². The molecule has 0 spiro atoms. The first-order chi connectivity index (χ1) is 13.2. The number of hydrogen-bond acceptors (Lipinski definition) is 5. The highest BCUT2D eigenvalue weighted by molar-refractivity contribution is 7.92. The average molecular weight is 429 g/mol. The molecule has 0 amide bonds. The average Bonchev–Trinajstić information content (AvgIpc) is 3.18. The lowest BCUT2D eigenvalue weighted by Crippen LogP contribution is -2.28. The molecule has 0 bridgehead atoms. The van der Waals surface area contributed by atoms with Gasteiger partial charge in [-0.15, -0.1) is 0 Å². The van der Waals surface area contributed by atoms with E-state index in [0.29, 0.717) is 18.7 Å². The van der Waals surface area contributed by atoms with Crippen molar-refractivity contribution in [2.24, 2.45) is 0 Å². The van der Waals surface area contributed by atoms with Gasteiger partial charge in [0.15, 0.2) is 0 Å². The van der Waals surface area contributed by atoms with Crippen molar-refractivity contribution in [1.82, 2.24) is 4.31 Å². The van der Waals surface area contributed by atoms with Crippen LogP contribution in [0.4, 0.5) is 10.1 Å². The molecule has 1 heterocycles. The lowest BCUT2D eigenvalue weighted by Gasteiger charge is -2.18. The molecule has 1 aliphatic rings. The van der Waals surface area contributed by atoms with Crippen molar-refractivity contribution in [1.29, 1.82) is 0 Å². The Bertz CT molecular complexity index is 1050. The molecule has 0 radical (unpaired) electrons. The molecule has 7 nitrogen and oxygen atoms in total. The summed E-state index contributed by atoms with van der Waals surface area (Å²) in [7, 11) is -6.22. The van der Waals surface area contributed by atoms with Crippen molar-refractivity contribution in [3.05, 3.63) is 53.8 Å². The highest BCUT2D eigenvalue weighted by Gasteiger charge is 2.28. The summed E-state index contributed by atoms with van der Waals surface area (Å²) >= 11 is 0. The molecule has 0 saturated carbocycles. The van der Waals surface area contributed by atoms with E-state index in [0.717, 1.165) is 12.8 Å². The Morgan fingerprint density at radius 1 is 1.04 bits per heavy atom. The fourth-order valence-electron chi connectivity index (χ4n) is 3.01. The molecule has 10 heteroatoms. The Morgan fingerprint density at radius 3 is 2.29 bits per heavy atom. The Kier molecular flexibility index (Phi) is 5.92. The number of nitrogens with zero attached hydrogens (tertiary/aromatic N) is 1. The van der Waals surface area contributed by atoms with Crippen LogP contribution in [0.1, 0.15) is 18.4 Å². The van der Waals surface area contributed by atoms with Crippen molar-refractivity contribution in [2.75, 3.05) is 24.9 Å². The summed E-state index contributed by atoms with van der Waals surface area (Å²) in [4.78, 5) is -0.00492. The van der Waals surface area contributed by atoms with Gasteiger partial charge >= 0.3 is 0 Å². The molecule has 0 unspecified atom stereocenters. The number of anilines is 1. The van der Waals surface area contributed by atoms with Crippen LogP contribution in [0, 0.1) is 5.82 Å². The van der Waals surface area contributed by atoms with Gasteiger partial charge in [-0.3, -0.25) is 4.72 Å². The van der Waals surface area contributed by atoms with Gasteiger partial charge in [-0.05, 0) is 48.7 Å². The summed E-state index contributed by atoms with van der Waals surface area (Å²) in [6.07, 6.45) is 1.60. The van der Waals surface area contributed by atoms with Crippen LogP contribution in [0.25, 0.3) is 0 Å². The van der Waals surface area contributed by atoms with Gasteiger partial charge < -0.3 is 4.74 Å². The molecule has 152 valence electrons. The zero-order chi connectivity index (χ0) is 20.4. The quantitative estimate of drug-likeness (QED) is 0.732. The number of ether oxygens (including phenoxy) is 1. The number of sulfonamides is 2. The lowest BCUT2D eigenvalue weighted by molar-refractivity contribution is 0.416. The third kappa shape index (κ3) is 4.62. The normalized spacial score (nSPS) is 15.5. The van der Waals surface area contributed by atoms with E-state index in [1.807, 2.05) is 0 Å². The van der Waals surface area contributed by atoms with Gasteiger partial charge in [0.2, 0.25) is 20.0 Å². The smallest absolute Gasteiger partial charge is 0.243 e. The molecule has 0 aromatic heterocycles. The van der Waals surface area contributed by atoms with E-state index in [2.05, 4.69) is 4.72 Å². The van der Waals surface area contributed by atoms with E-state index in [1.54, 1.807) is 0 Å². The maximum Gasteiger partial charge on any atom is 0.243 e. The van der Waals surface area contributed by atoms with Crippen LogP contribution in [-0.4, -0.2) is 41.3 Å². The lowest BCUT2D eigenvalue weighted by atomic mass is 10.2. The van der Waals surface area contributed by atoms with Gasteiger partial charge in [-0.1, -0.05) is 12.1 Å². The highest BCUT2D eigenvalue weighted by Crippen LogP contribution is 2.31. The van der Waals surface area contributed by atoms with E-state index < -0.39 is 25.9 Å². The Labute approximate surface area is 164 Å². The van der Waals surface area contributed by atoms with Gasteiger partial charge in [-0.25, -0.2) is 21.2 Å². The Hall–Kier alpha value is -2.17. The van der Waals surface area contributed by atoms with Crippen LogP contribution in [-0.2, 0) is 25.8 Å². The van der Waals surface area contributed by atoms with Crippen molar-refractivity contribution in [2.45, 2.75) is 23.5 Å². The van der Waals surface area contributed by atoms with E-state index in [9.17, 15) is 21.2 Å². The Morgan fingerprint density at radius 2 is 1.68 bits per heavy atom. The highest BCUT2D eigenvalue weighted by atomic mass is 32.2. The molecule has 1 N–H and O–H groups in total. The van der Waals surface area contributed by atoms with Gasteiger partial charge in [0.25, 0.3) is 0 Å². The standard InChI is InChI=1S/C18H21FN2O5S2/c1-26-18-9-8-16(28(24,25)21-10-2-3-11-21)12-17(18)20-27(22,23)13-14-4-6-15(19)7-5-14/h4-9,12,20H,2-3,10-11,13H2,1H3. The number of hydrogen-bond donors (Lipinski definition) is 1. The first-order valence-corrected chi connectivity index (χ1v) is 11.7. The predicted octanol–water partition coefficient (Wildman–Crippen LogP) is 2.56. The zero-order valence-electron chi connectivity index (χ0n) is 15.3. The van der Waals surface area contributed by atoms with E-state index in [-0.39, 0.29) is 22.1 Å². The molecule has 2 aromatic carbocycles. The van der Waals surface area contributed by atoms with Crippen molar-refractivity contribution in [3.63, 3.8) is 0 Å². The molecule has 3 rings (SSSR count). The fraction of sp³-hybridized carbons (Fsp3) is 0.333. The van der Waals surface area contributed by atoms with E-state index in [4.69, 9.17) is 4.74 Å². The third-order valence-corrected chi connectivity index (χ3v) is 7.55. The summed E-state index contributed by atoms with van der Waals surface area (Å²) in [5.74, 6) is -0.654. The summed E-state index contributed by atoms with van der Waals surface area (Å²) in [5.41, 5.74) is 0.429. The van der Waals surface area contributed by atoms with Crippen LogP contribution in [0.3, 0.4) is 0 Å². The second-order valence-electron chi connectivity index (χ2n) is 6.46. The van der Waals surface area contributed by atoms with Crippen molar-refractivity contribution in [3.8, 4) is 5.75 Å². The van der Waals surface area contributed by atoms with Crippen LogP contribution >= 0.6 is 0 Å². The molecule has 1 fully saturated rings. The van der Waals surface area contributed by atoms with Crippen molar-refractivity contribution >= 4 is 25.7 Å². The second kappa shape index (κ2) is 8.06. The molecular formula is C18H21FN2O5S2. The Balaban J connectivity index is 1.88. The van der Waals surface area contributed by atoms with Crippen LogP contribution in [0.2, 0.25) is 0 Å². The number of halogens is 1. The van der Waals surface area contributed by atoms with Crippen molar-refractivity contribution < 1.29 is 26.0 Å². The SMILES string of the molecule is COc1ccc(S(=O)(=O)N2CCCC2)cc1NS(=O)(=O)Cc1ccc(F)cc1. The summed E-state index contributed by atoms with van der Waals surface area (Å²) in [6, 6.07) is 9.17. The minimum atomic E-state index is -3.88. The topological polar surface area (TPSA) is 92.8 Å². The summed E-state index contributed by atoms with van der Waals surface area (Å²) in [6.45, 7) is 0.889. The molecule has 28 heavy (non-hydrogen) atoms. The molecule has 0 atom stereocenters.